The van der Waals surface area contributed by atoms with Gasteiger partial charge in [0.15, 0.2) is 5.16 Å². The lowest BCUT2D eigenvalue weighted by Crippen LogP contribution is -2.36. The first kappa shape index (κ1) is 20.9. The molecular weight excluding hydrogens is 420 g/mol. The van der Waals surface area contributed by atoms with E-state index in [-0.39, 0.29) is 16.6 Å². The minimum Gasteiger partial charge on any atom is -0.333 e. The fourth-order valence-corrected chi connectivity index (χ4v) is 5.94. The van der Waals surface area contributed by atoms with E-state index in [0.29, 0.717) is 23.9 Å². The molecule has 4 rings (SSSR count). The fourth-order valence-electron chi connectivity index (χ4n) is 3.51. The van der Waals surface area contributed by atoms with Gasteiger partial charge in [0.05, 0.1) is 22.5 Å². The second-order valence-corrected chi connectivity index (χ2v) is 10.2. The van der Waals surface area contributed by atoms with Gasteiger partial charge in [-0.3, -0.25) is 4.79 Å². The summed E-state index contributed by atoms with van der Waals surface area (Å²) in [6.45, 7) is 2.88. The zero-order valence-corrected chi connectivity index (χ0v) is 18.4. The molecule has 2 heterocycles. The Labute approximate surface area is 180 Å². The second kappa shape index (κ2) is 8.79. The van der Waals surface area contributed by atoms with Crippen molar-refractivity contribution in [3.63, 3.8) is 0 Å². The smallest absolute Gasteiger partial charge is 0.245 e. The van der Waals surface area contributed by atoms with Crippen LogP contribution in [-0.2, 0) is 14.8 Å². The average molecular weight is 445 g/mol. The number of aromatic nitrogens is 2. The highest BCUT2D eigenvalue weighted by atomic mass is 32.2. The van der Waals surface area contributed by atoms with E-state index in [9.17, 15) is 13.2 Å². The van der Waals surface area contributed by atoms with E-state index in [1.807, 2.05) is 31.2 Å². The van der Waals surface area contributed by atoms with Crippen LogP contribution < -0.4 is 5.32 Å². The van der Waals surface area contributed by atoms with Crippen molar-refractivity contribution in [2.24, 2.45) is 0 Å². The molecule has 0 spiro atoms. The molecule has 1 saturated heterocycles. The van der Waals surface area contributed by atoms with Crippen molar-refractivity contribution < 1.29 is 13.2 Å². The van der Waals surface area contributed by atoms with Gasteiger partial charge in [-0.15, -0.1) is 0 Å². The van der Waals surface area contributed by atoms with E-state index >= 15 is 0 Å². The molecule has 2 N–H and O–H groups in total. The summed E-state index contributed by atoms with van der Waals surface area (Å²) in [4.78, 5) is 20.3. The number of benzene rings is 2. The number of rotatable bonds is 6. The van der Waals surface area contributed by atoms with Crippen LogP contribution >= 0.6 is 11.8 Å². The number of hydrogen-bond acceptors (Lipinski definition) is 5. The molecule has 0 radical (unpaired) electrons. The summed E-state index contributed by atoms with van der Waals surface area (Å²) in [5.74, 6) is -0.156. The lowest BCUT2D eigenvalue weighted by Gasteiger charge is -2.27. The molecule has 158 valence electrons. The summed E-state index contributed by atoms with van der Waals surface area (Å²) in [6, 6.07) is 12.8. The van der Waals surface area contributed by atoms with Crippen LogP contribution in [0.4, 0.5) is 5.69 Å². The molecule has 0 atom stereocenters. The first-order valence-electron chi connectivity index (χ1n) is 9.92. The molecule has 1 aliphatic rings. The number of aryl methyl sites for hydroxylation is 1. The van der Waals surface area contributed by atoms with Gasteiger partial charge >= 0.3 is 0 Å². The van der Waals surface area contributed by atoms with Gasteiger partial charge in [-0.05, 0) is 49.6 Å². The average Bonchev–Trinajstić information content (AvgIpc) is 3.17. The van der Waals surface area contributed by atoms with Crippen LogP contribution in [0.2, 0.25) is 0 Å². The standard InChI is InChI=1S/C21H24N4O3S2/c1-15-9-10-18(19(13-15)30(27,28)25-11-5-2-6-12-25)22-20(26)14-29-21-23-16-7-3-4-8-17(16)24-21/h3-4,7-10,13H,2,5-6,11-12,14H2,1H3,(H,22,26)(H,23,24). The van der Waals surface area contributed by atoms with Crippen molar-refractivity contribution in [1.29, 1.82) is 0 Å². The van der Waals surface area contributed by atoms with Crippen LogP contribution in [0, 0.1) is 6.92 Å². The number of thioether (sulfide) groups is 1. The SMILES string of the molecule is Cc1ccc(NC(=O)CSc2nc3ccccc3[nH]2)c(S(=O)(=O)N2CCCCC2)c1. The Kier molecular flexibility index (Phi) is 6.12. The number of carbonyl (C=O) groups is 1. The molecule has 0 saturated carbocycles. The third-order valence-electron chi connectivity index (χ3n) is 5.05. The predicted octanol–water partition coefficient (Wildman–Crippen LogP) is 3.78. The molecule has 0 unspecified atom stereocenters. The van der Waals surface area contributed by atoms with Gasteiger partial charge in [-0.2, -0.15) is 4.31 Å². The Morgan fingerprint density at radius 1 is 1.17 bits per heavy atom. The van der Waals surface area contributed by atoms with Crippen LogP contribution in [0.25, 0.3) is 11.0 Å². The predicted molar refractivity (Wildman–Crippen MR) is 119 cm³/mol. The van der Waals surface area contributed by atoms with Gasteiger partial charge in [0.1, 0.15) is 4.90 Å². The highest BCUT2D eigenvalue weighted by Gasteiger charge is 2.28. The van der Waals surface area contributed by atoms with Gasteiger partial charge in [0, 0.05) is 13.1 Å². The number of aromatic amines is 1. The summed E-state index contributed by atoms with van der Waals surface area (Å²) in [5.41, 5.74) is 2.91. The quantitative estimate of drug-likeness (QED) is 0.564. The van der Waals surface area contributed by atoms with Crippen LogP contribution in [-0.4, -0.2) is 47.4 Å². The number of fused-ring (bicyclic) bond motifs is 1. The number of nitrogens with one attached hydrogen (secondary N) is 2. The monoisotopic (exact) mass is 444 g/mol. The van der Waals surface area contributed by atoms with Crippen LogP contribution in [0.15, 0.2) is 52.5 Å². The Morgan fingerprint density at radius 3 is 2.70 bits per heavy atom. The highest BCUT2D eigenvalue weighted by Crippen LogP contribution is 2.28. The third-order valence-corrected chi connectivity index (χ3v) is 7.86. The maximum Gasteiger partial charge on any atom is 0.245 e. The minimum atomic E-state index is -3.65. The van der Waals surface area contributed by atoms with E-state index in [4.69, 9.17) is 0 Å². The highest BCUT2D eigenvalue weighted by molar-refractivity contribution is 7.99. The third kappa shape index (κ3) is 4.53. The topological polar surface area (TPSA) is 95.2 Å². The van der Waals surface area contributed by atoms with Crippen LogP contribution in [0.3, 0.4) is 0 Å². The van der Waals surface area contributed by atoms with E-state index in [1.54, 1.807) is 18.2 Å². The van der Waals surface area contributed by atoms with Crippen LogP contribution in [0.1, 0.15) is 24.8 Å². The maximum absolute atomic E-state index is 13.2. The molecule has 1 fully saturated rings. The molecule has 2 aromatic carbocycles. The summed E-state index contributed by atoms with van der Waals surface area (Å²) in [6.07, 6.45) is 2.77. The molecule has 1 aromatic heterocycles. The lowest BCUT2D eigenvalue weighted by molar-refractivity contribution is -0.113. The van der Waals surface area contributed by atoms with E-state index in [2.05, 4.69) is 15.3 Å². The number of nitrogens with zero attached hydrogens (tertiary/aromatic N) is 2. The number of anilines is 1. The number of amides is 1. The largest absolute Gasteiger partial charge is 0.333 e. The Hall–Kier alpha value is -2.36. The van der Waals surface area contributed by atoms with E-state index < -0.39 is 10.0 Å². The Morgan fingerprint density at radius 2 is 1.93 bits per heavy atom. The fraction of sp³-hybridized carbons (Fsp3) is 0.333. The van der Waals surface area contributed by atoms with Crippen LogP contribution in [0.5, 0.6) is 0 Å². The summed E-state index contributed by atoms with van der Waals surface area (Å²) in [7, 11) is -3.65. The lowest BCUT2D eigenvalue weighted by atomic mass is 10.2. The molecule has 0 bridgehead atoms. The number of para-hydroxylation sites is 2. The Bertz CT molecular complexity index is 1130. The zero-order valence-electron chi connectivity index (χ0n) is 16.7. The summed E-state index contributed by atoms with van der Waals surface area (Å²) >= 11 is 1.28. The molecule has 0 aliphatic carbocycles. The summed E-state index contributed by atoms with van der Waals surface area (Å²) in [5, 5.41) is 3.43. The van der Waals surface area contributed by atoms with Gasteiger partial charge in [-0.25, -0.2) is 13.4 Å². The number of H-pyrrole nitrogens is 1. The molecule has 3 aromatic rings. The molecule has 1 amide bonds. The summed E-state index contributed by atoms with van der Waals surface area (Å²) < 4.78 is 27.9. The number of carbonyl (C=O) groups excluding carboxylic acids is 1. The number of piperidine rings is 1. The van der Waals surface area contributed by atoms with Crippen molar-refractivity contribution in [1.82, 2.24) is 14.3 Å². The normalized spacial score (nSPS) is 15.4. The van der Waals surface area contributed by atoms with Gasteiger partial charge in [-0.1, -0.05) is 36.4 Å². The Balaban J connectivity index is 1.49. The van der Waals surface area contributed by atoms with Crippen molar-refractivity contribution in [3.05, 3.63) is 48.0 Å². The van der Waals surface area contributed by atoms with Gasteiger partial charge in [0.2, 0.25) is 15.9 Å². The molecule has 1 aliphatic heterocycles. The first-order valence-corrected chi connectivity index (χ1v) is 12.3. The molecular formula is C21H24N4O3S2. The molecule has 7 nitrogen and oxygen atoms in total. The molecule has 30 heavy (non-hydrogen) atoms. The van der Waals surface area contributed by atoms with Gasteiger partial charge < -0.3 is 10.3 Å². The first-order chi connectivity index (χ1) is 14.4. The van der Waals surface area contributed by atoms with Gasteiger partial charge in [0.25, 0.3) is 0 Å². The number of sulfonamides is 1. The van der Waals surface area contributed by atoms with Crippen molar-refractivity contribution in [2.45, 2.75) is 36.2 Å². The zero-order chi connectivity index (χ0) is 21.1. The van der Waals surface area contributed by atoms with E-state index in [1.165, 1.54) is 16.1 Å². The van der Waals surface area contributed by atoms with E-state index in [0.717, 1.165) is 35.9 Å². The minimum absolute atomic E-state index is 0.122. The van der Waals surface area contributed by atoms with Crippen molar-refractivity contribution in [2.75, 3.05) is 24.2 Å². The maximum atomic E-state index is 13.2. The number of hydrogen-bond donors (Lipinski definition) is 2. The second-order valence-electron chi connectivity index (χ2n) is 7.36. The van der Waals surface area contributed by atoms with Crippen molar-refractivity contribution in [3.8, 4) is 0 Å². The molecule has 9 heteroatoms. The number of imidazole rings is 1. The van der Waals surface area contributed by atoms with Crippen molar-refractivity contribution >= 4 is 44.4 Å².